The lowest BCUT2D eigenvalue weighted by atomic mass is 10.1. The Kier molecular flexibility index (Phi) is 5.39. The Balaban J connectivity index is 1.71. The average Bonchev–Trinajstić information content (AvgIpc) is 3.21. The molecule has 0 saturated carbocycles. The largest absolute Gasteiger partial charge is 0.319 e. The quantitative estimate of drug-likeness (QED) is 0.501. The Morgan fingerprint density at radius 2 is 1.63 bits per heavy atom. The summed E-state index contributed by atoms with van der Waals surface area (Å²) in [6.07, 6.45) is 0.928. The summed E-state index contributed by atoms with van der Waals surface area (Å²) >= 11 is 0. The number of aromatic nitrogens is 3. The smallest absolute Gasteiger partial charge is 0.295 e. The maximum Gasteiger partial charge on any atom is 0.295 e. The zero-order chi connectivity index (χ0) is 21.1. The molecule has 0 saturated heterocycles. The van der Waals surface area contributed by atoms with Crippen LogP contribution in [0.5, 0.6) is 0 Å². The van der Waals surface area contributed by atoms with Crippen LogP contribution in [0.3, 0.4) is 0 Å². The second-order valence-electron chi connectivity index (χ2n) is 7.02. The SMILES string of the molecule is CCc1ccc(NC(=O)c2nc(-c3ccc(F)cc3)n(-c3ccc(C)cc3)n2)cc1. The normalized spacial score (nSPS) is 10.8. The predicted molar refractivity (Wildman–Crippen MR) is 115 cm³/mol. The van der Waals surface area contributed by atoms with E-state index in [0.29, 0.717) is 17.1 Å². The number of aryl methyl sites for hydroxylation is 2. The molecule has 0 radical (unpaired) electrons. The molecule has 150 valence electrons. The van der Waals surface area contributed by atoms with E-state index in [-0.39, 0.29) is 11.6 Å². The first kappa shape index (κ1) is 19.5. The van der Waals surface area contributed by atoms with Crippen molar-refractivity contribution >= 4 is 11.6 Å². The van der Waals surface area contributed by atoms with Gasteiger partial charge in [0, 0.05) is 11.3 Å². The number of halogens is 1. The molecule has 1 amide bonds. The number of amides is 1. The van der Waals surface area contributed by atoms with Crippen LogP contribution in [0.15, 0.2) is 72.8 Å². The first-order valence-electron chi connectivity index (χ1n) is 9.74. The summed E-state index contributed by atoms with van der Waals surface area (Å²) in [6.45, 7) is 4.07. The highest BCUT2D eigenvalue weighted by Crippen LogP contribution is 2.22. The summed E-state index contributed by atoms with van der Waals surface area (Å²) in [4.78, 5) is 17.3. The average molecular weight is 400 g/mol. The summed E-state index contributed by atoms with van der Waals surface area (Å²) in [5.41, 5.74) is 4.39. The van der Waals surface area contributed by atoms with Crippen molar-refractivity contribution in [2.75, 3.05) is 5.32 Å². The molecule has 1 N–H and O–H groups in total. The minimum Gasteiger partial charge on any atom is -0.319 e. The minimum absolute atomic E-state index is 0.0365. The van der Waals surface area contributed by atoms with Gasteiger partial charge in [-0.3, -0.25) is 4.79 Å². The molecule has 0 bridgehead atoms. The lowest BCUT2D eigenvalue weighted by Crippen LogP contribution is -2.14. The Bertz CT molecular complexity index is 1100. The van der Waals surface area contributed by atoms with Gasteiger partial charge in [-0.15, -0.1) is 5.10 Å². The van der Waals surface area contributed by atoms with E-state index in [1.807, 2.05) is 55.5 Å². The van der Waals surface area contributed by atoms with Crippen LogP contribution in [0.4, 0.5) is 10.1 Å². The number of carbonyl (C=O) groups excluding carboxylic acids is 1. The number of hydrogen-bond donors (Lipinski definition) is 1. The van der Waals surface area contributed by atoms with Crippen molar-refractivity contribution in [3.05, 3.63) is 95.6 Å². The van der Waals surface area contributed by atoms with E-state index in [1.165, 1.54) is 17.7 Å². The Labute approximate surface area is 174 Å². The zero-order valence-corrected chi connectivity index (χ0v) is 16.8. The van der Waals surface area contributed by atoms with Gasteiger partial charge in [0.15, 0.2) is 5.82 Å². The monoisotopic (exact) mass is 400 g/mol. The van der Waals surface area contributed by atoms with Crippen LogP contribution in [-0.2, 0) is 6.42 Å². The van der Waals surface area contributed by atoms with Gasteiger partial charge in [-0.05, 0) is 67.4 Å². The zero-order valence-electron chi connectivity index (χ0n) is 16.8. The third-order valence-electron chi connectivity index (χ3n) is 4.81. The topological polar surface area (TPSA) is 59.8 Å². The van der Waals surface area contributed by atoms with Crippen LogP contribution in [0.1, 0.15) is 28.7 Å². The van der Waals surface area contributed by atoms with E-state index in [4.69, 9.17) is 0 Å². The molecule has 4 aromatic rings. The molecule has 5 nitrogen and oxygen atoms in total. The van der Waals surface area contributed by atoms with E-state index in [2.05, 4.69) is 22.3 Å². The van der Waals surface area contributed by atoms with Gasteiger partial charge in [0.1, 0.15) is 5.82 Å². The van der Waals surface area contributed by atoms with E-state index in [1.54, 1.807) is 16.8 Å². The lowest BCUT2D eigenvalue weighted by Gasteiger charge is -2.06. The van der Waals surface area contributed by atoms with Crippen molar-refractivity contribution in [3.63, 3.8) is 0 Å². The van der Waals surface area contributed by atoms with Crippen molar-refractivity contribution in [2.45, 2.75) is 20.3 Å². The van der Waals surface area contributed by atoms with Crippen molar-refractivity contribution in [1.29, 1.82) is 0 Å². The van der Waals surface area contributed by atoms with E-state index < -0.39 is 5.91 Å². The molecule has 1 heterocycles. The first-order chi connectivity index (χ1) is 14.5. The third kappa shape index (κ3) is 4.12. The van der Waals surface area contributed by atoms with Gasteiger partial charge in [0.25, 0.3) is 5.91 Å². The number of nitrogens with zero attached hydrogens (tertiary/aromatic N) is 3. The van der Waals surface area contributed by atoms with Gasteiger partial charge in [-0.2, -0.15) is 0 Å². The number of anilines is 1. The van der Waals surface area contributed by atoms with Crippen LogP contribution in [-0.4, -0.2) is 20.7 Å². The molecule has 0 atom stereocenters. The van der Waals surface area contributed by atoms with Gasteiger partial charge in [-0.1, -0.05) is 36.8 Å². The molecule has 6 heteroatoms. The predicted octanol–water partition coefficient (Wildman–Crippen LogP) is 5.20. The standard InChI is InChI=1S/C24H21FN4O/c1-3-17-6-12-20(13-7-17)26-24(30)22-27-23(18-8-10-19(25)11-9-18)29(28-22)21-14-4-16(2)5-15-21/h4-15H,3H2,1-2H3,(H,26,30). The number of benzene rings is 3. The number of carbonyl (C=O) groups is 1. The maximum absolute atomic E-state index is 13.4. The van der Waals surface area contributed by atoms with E-state index >= 15 is 0 Å². The van der Waals surface area contributed by atoms with Gasteiger partial charge < -0.3 is 5.32 Å². The fraction of sp³-hybridized carbons (Fsp3) is 0.125. The molecule has 0 spiro atoms. The molecule has 3 aromatic carbocycles. The van der Waals surface area contributed by atoms with Crippen molar-refractivity contribution in [2.24, 2.45) is 0 Å². The number of hydrogen-bond acceptors (Lipinski definition) is 3. The second-order valence-corrected chi connectivity index (χ2v) is 7.02. The van der Waals surface area contributed by atoms with Crippen molar-refractivity contribution < 1.29 is 9.18 Å². The van der Waals surface area contributed by atoms with E-state index in [9.17, 15) is 9.18 Å². The first-order valence-corrected chi connectivity index (χ1v) is 9.74. The van der Waals surface area contributed by atoms with Crippen molar-refractivity contribution in [3.8, 4) is 17.1 Å². The highest BCUT2D eigenvalue weighted by molar-refractivity contribution is 6.01. The van der Waals surface area contributed by atoms with Crippen LogP contribution < -0.4 is 5.32 Å². The molecule has 0 aliphatic rings. The summed E-state index contributed by atoms with van der Waals surface area (Å²) in [5, 5.41) is 7.27. The second kappa shape index (κ2) is 8.29. The molecule has 0 aliphatic heterocycles. The van der Waals surface area contributed by atoms with Crippen LogP contribution in [0.25, 0.3) is 17.1 Å². The highest BCUT2D eigenvalue weighted by Gasteiger charge is 2.19. The molecule has 30 heavy (non-hydrogen) atoms. The Hall–Kier alpha value is -3.80. The summed E-state index contributed by atoms with van der Waals surface area (Å²) in [6, 6.07) is 21.3. The lowest BCUT2D eigenvalue weighted by molar-refractivity contribution is 0.101. The third-order valence-corrected chi connectivity index (χ3v) is 4.81. The molecular weight excluding hydrogens is 379 g/mol. The Morgan fingerprint density at radius 3 is 2.27 bits per heavy atom. The Morgan fingerprint density at radius 1 is 0.967 bits per heavy atom. The van der Waals surface area contributed by atoms with Gasteiger partial charge >= 0.3 is 0 Å². The summed E-state index contributed by atoms with van der Waals surface area (Å²) < 4.78 is 15.0. The molecule has 4 rings (SSSR count). The van der Waals surface area contributed by atoms with Gasteiger partial charge in [0.05, 0.1) is 5.69 Å². The molecule has 0 unspecified atom stereocenters. The fourth-order valence-corrected chi connectivity index (χ4v) is 3.07. The summed E-state index contributed by atoms with van der Waals surface area (Å²) in [7, 11) is 0. The number of rotatable bonds is 5. The van der Waals surface area contributed by atoms with Crippen LogP contribution >= 0.6 is 0 Å². The minimum atomic E-state index is -0.409. The fourth-order valence-electron chi connectivity index (χ4n) is 3.07. The maximum atomic E-state index is 13.4. The van der Waals surface area contributed by atoms with E-state index in [0.717, 1.165) is 17.7 Å². The molecule has 0 fully saturated rings. The van der Waals surface area contributed by atoms with Gasteiger partial charge in [-0.25, -0.2) is 14.1 Å². The summed E-state index contributed by atoms with van der Waals surface area (Å²) in [5.74, 6) is -0.248. The van der Waals surface area contributed by atoms with Crippen LogP contribution in [0.2, 0.25) is 0 Å². The van der Waals surface area contributed by atoms with Gasteiger partial charge in [0.2, 0.25) is 5.82 Å². The van der Waals surface area contributed by atoms with Crippen LogP contribution in [0, 0.1) is 12.7 Å². The molecule has 1 aromatic heterocycles. The number of nitrogens with one attached hydrogen (secondary N) is 1. The highest BCUT2D eigenvalue weighted by atomic mass is 19.1. The van der Waals surface area contributed by atoms with Crippen molar-refractivity contribution in [1.82, 2.24) is 14.8 Å². The molecular formula is C24H21FN4O. The molecule has 0 aliphatic carbocycles.